The van der Waals surface area contributed by atoms with Gasteiger partial charge in [0.15, 0.2) is 0 Å². The van der Waals surface area contributed by atoms with E-state index in [4.69, 9.17) is 19.5 Å². The predicted molar refractivity (Wildman–Crippen MR) is 80.3 cm³/mol. The third-order valence-corrected chi connectivity index (χ3v) is 2.84. The van der Waals surface area contributed by atoms with Gasteiger partial charge in [-0.2, -0.15) is 5.26 Å². The molecule has 1 N–H and O–H groups in total. The lowest BCUT2D eigenvalue weighted by atomic mass is 10.2. The molecule has 6 heteroatoms. The molecule has 0 fully saturated rings. The fourth-order valence-corrected chi connectivity index (χ4v) is 1.75. The quantitative estimate of drug-likeness (QED) is 0.937. The number of rotatable bonds is 4. The van der Waals surface area contributed by atoms with Crippen LogP contribution in [0.5, 0.6) is 17.2 Å². The molecule has 0 aromatic heterocycles. The molecule has 112 valence electrons. The van der Waals surface area contributed by atoms with Crippen molar-refractivity contribution in [3.63, 3.8) is 0 Å². The third kappa shape index (κ3) is 3.67. The SMILES string of the molecule is COc1ccc(OC)c(NC(=O)Oc2ccc(C#N)cc2)c1. The average molecular weight is 298 g/mol. The minimum atomic E-state index is -0.670. The summed E-state index contributed by atoms with van der Waals surface area (Å²) in [5.41, 5.74) is 0.919. The second-order valence-electron chi connectivity index (χ2n) is 4.22. The lowest BCUT2D eigenvalue weighted by molar-refractivity contribution is 0.215. The first-order chi connectivity index (χ1) is 10.7. The largest absolute Gasteiger partial charge is 0.497 e. The summed E-state index contributed by atoms with van der Waals surface area (Å²) in [5.74, 6) is 1.39. The van der Waals surface area contributed by atoms with Gasteiger partial charge < -0.3 is 14.2 Å². The molecule has 0 spiro atoms. The standard InChI is InChI=1S/C16H14N2O4/c1-20-13-7-8-15(21-2)14(9-13)18-16(19)22-12-5-3-11(10-17)4-6-12/h3-9H,1-2H3,(H,18,19). The van der Waals surface area contributed by atoms with Crippen LogP contribution in [-0.4, -0.2) is 20.3 Å². The van der Waals surface area contributed by atoms with Crippen LogP contribution < -0.4 is 19.5 Å². The second kappa shape index (κ2) is 6.99. The summed E-state index contributed by atoms with van der Waals surface area (Å²) in [7, 11) is 3.03. The van der Waals surface area contributed by atoms with E-state index in [1.807, 2.05) is 6.07 Å². The van der Waals surface area contributed by atoms with Crippen LogP contribution in [0.15, 0.2) is 42.5 Å². The molecule has 0 bridgehead atoms. The van der Waals surface area contributed by atoms with Gasteiger partial charge in [-0.1, -0.05) is 0 Å². The Morgan fingerprint density at radius 3 is 2.32 bits per heavy atom. The fourth-order valence-electron chi connectivity index (χ4n) is 1.75. The Morgan fingerprint density at radius 2 is 1.73 bits per heavy atom. The smallest absolute Gasteiger partial charge is 0.417 e. The second-order valence-corrected chi connectivity index (χ2v) is 4.22. The van der Waals surface area contributed by atoms with E-state index in [1.54, 1.807) is 42.5 Å². The van der Waals surface area contributed by atoms with Crippen LogP contribution in [0, 0.1) is 11.3 Å². The number of hydrogen-bond donors (Lipinski definition) is 1. The number of benzene rings is 2. The summed E-state index contributed by atoms with van der Waals surface area (Å²) in [4.78, 5) is 11.9. The zero-order valence-corrected chi connectivity index (χ0v) is 12.1. The summed E-state index contributed by atoms with van der Waals surface area (Å²) in [6.07, 6.45) is -0.670. The predicted octanol–water partition coefficient (Wildman–Crippen LogP) is 3.19. The number of nitrogens with zero attached hydrogens (tertiary/aromatic N) is 1. The molecule has 0 saturated carbocycles. The molecule has 0 radical (unpaired) electrons. The molecule has 0 aliphatic rings. The Labute approximate surface area is 127 Å². The van der Waals surface area contributed by atoms with Crippen molar-refractivity contribution in [1.29, 1.82) is 5.26 Å². The van der Waals surface area contributed by atoms with Crippen LogP contribution in [0.25, 0.3) is 0 Å². The van der Waals surface area contributed by atoms with Crippen molar-refractivity contribution in [3.8, 4) is 23.3 Å². The number of methoxy groups -OCH3 is 2. The zero-order chi connectivity index (χ0) is 15.9. The maximum absolute atomic E-state index is 11.9. The van der Waals surface area contributed by atoms with E-state index in [0.717, 1.165) is 0 Å². The highest BCUT2D eigenvalue weighted by Gasteiger charge is 2.10. The summed E-state index contributed by atoms with van der Waals surface area (Å²) in [5, 5.41) is 11.3. The number of anilines is 1. The Bertz CT molecular complexity index is 705. The summed E-state index contributed by atoms with van der Waals surface area (Å²) in [6.45, 7) is 0. The third-order valence-electron chi connectivity index (χ3n) is 2.84. The summed E-state index contributed by atoms with van der Waals surface area (Å²) in [6, 6.07) is 13.2. The average Bonchev–Trinajstić information content (AvgIpc) is 2.55. The molecule has 0 unspecified atom stereocenters. The van der Waals surface area contributed by atoms with Crippen molar-refractivity contribution in [3.05, 3.63) is 48.0 Å². The van der Waals surface area contributed by atoms with Gasteiger partial charge >= 0.3 is 6.09 Å². The Kier molecular flexibility index (Phi) is 4.83. The van der Waals surface area contributed by atoms with E-state index < -0.39 is 6.09 Å². The molecule has 0 aliphatic heterocycles. The molecule has 22 heavy (non-hydrogen) atoms. The summed E-state index contributed by atoms with van der Waals surface area (Å²) < 4.78 is 15.4. The number of hydrogen-bond acceptors (Lipinski definition) is 5. The molecule has 2 rings (SSSR count). The van der Waals surface area contributed by atoms with Gasteiger partial charge in [0.1, 0.15) is 17.2 Å². The zero-order valence-electron chi connectivity index (χ0n) is 12.1. The molecule has 0 aliphatic carbocycles. The number of carbonyl (C=O) groups excluding carboxylic acids is 1. The number of amides is 1. The van der Waals surface area contributed by atoms with E-state index in [-0.39, 0.29) is 0 Å². The van der Waals surface area contributed by atoms with E-state index in [0.29, 0.717) is 28.5 Å². The maximum atomic E-state index is 11.9. The maximum Gasteiger partial charge on any atom is 0.417 e. The van der Waals surface area contributed by atoms with E-state index in [2.05, 4.69) is 5.32 Å². The molecule has 2 aromatic rings. The molecular weight excluding hydrogens is 284 g/mol. The lowest BCUT2D eigenvalue weighted by Crippen LogP contribution is -2.17. The van der Waals surface area contributed by atoms with Gasteiger partial charge in [-0.15, -0.1) is 0 Å². The molecule has 1 amide bonds. The number of nitriles is 1. The minimum Gasteiger partial charge on any atom is -0.497 e. The normalized spacial score (nSPS) is 9.50. The highest BCUT2D eigenvalue weighted by molar-refractivity contribution is 5.88. The van der Waals surface area contributed by atoms with Crippen LogP contribution >= 0.6 is 0 Å². The highest BCUT2D eigenvalue weighted by atomic mass is 16.6. The van der Waals surface area contributed by atoms with Crippen LogP contribution in [0.1, 0.15) is 5.56 Å². The number of nitrogens with one attached hydrogen (secondary N) is 1. The minimum absolute atomic E-state index is 0.332. The number of carbonyl (C=O) groups is 1. The van der Waals surface area contributed by atoms with Gasteiger partial charge in [-0.25, -0.2) is 4.79 Å². The van der Waals surface area contributed by atoms with Gasteiger partial charge in [0.25, 0.3) is 0 Å². The van der Waals surface area contributed by atoms with Crippen molar-refractivity contribution >= 4 is 11.8 Å². The van der Waals surface area contributed by atoms with Crippen molar-refractivity contribution < 1.29 is 19.0 Å². The van der Waals surface area contributed by atoms with Gasteiger partial charge in [-0.3, -0.25) is 5.32 Å². The number of ether oxygens (including phenoxy) is 3. The van der Waals surface area contributed by atoms with Crippen LogP contribution in [0.3, 0.4) is 0 Å². The molecule has 0 atom stereocenters. The first-order valence-corrected chi connectivity index (χ1v) is 6.37. The first kappa shape index (κ1) is 15.2. The van der Waals surface area contributed by atoms with Crippen molar-refractivity contribution in [2.75, 3.05) is 19.5 Å². The van der Waals surface area contributed by atoms with Gasteiger partial charge in [-0.05, 0) is 36.4 Å². The Hall–Kier alpha value is -3.20. The van der Waals surface area contributed by atoms with E-state index >= 15 is 0 Å². The van der Waals surface area contributed by atoms with Gasteiger partial charge in [0.05, 0.1) is 31.5 Å². The molecule has 2 aromatic carbocycles. The van der Waals surface area contributed by atoms with E-state index in [9.17, 15) is 4.79 Å². The van der Waals surface area contributed by atoms with Crippen molar-refractivity contribution in [2.24, 2.45) is 0 Å². The Morgan fingerprint density at radius 1 is 1.05 bits per heavy atom. The van der Waals surface area contributed by atoms with Crippen molar-refractivity contribution in [1.82, 2.24) is 0 Å². The molecule has 0 saturated heterocycles. The monoisotopic (exact) mass is 298 g/mol. The van der Waals surface area contributed by atoms with Gasteiger partial charge in [0.2, 0.25) is 0 Å². The summed E-state index contributed by atoms with van der Waals surface area (Å²) >= 11 is 0. The molecule has 0 heterocycles. The lowest BCUT2D eigenvalue weighted by Gasteiger charge is -2.11. The Balaban J connectivity index is 2.09. The van der Waals surface area contributed by atoms with Crippen LogP contribution in [-0.2, 0) is 0 Å². The topological polar surface area (TPSA) is 80.6 Å². The van der Waals surface area contributed by atoms with Crippen LogP contribution in [0.2, 0.25) is 0 Å². The van der Waals surface area contributed by atoms with Crippen LogP contribution in [0.4, 0.5) is 10.5 Å². The van der Waals surface area contributed by atoms with E-state index in [1.165, 1.54) is 14.2 Å². The molecule has 6 nitrogen and oxygen atoms in total. The molecular formula is C16H14N2O4. The fraction of sp³-hybridized carbons (Fsp3) is 0.125. The van der Waals surface area contributed by atoms with Gasteiger partial charge in [0, 0.05) is 6.07 Å². The highest BCUT2D eigenvalue weighted by Crippen LogP contribution is 2.29. The van der Waals surface area contributed by atoms with Crippen molar-refractivity contribution in [2.45, 2.75) is 0 Å². The first-order valence-electron chi connectivity index (χ1n) is 6.37.